The van der Waals surface area contributed by atoms with Crippen LogP contribution in [-0.2, 0) is 11.2 Å². The highest BCUT2D eigenvalue weighted by Crippen LogP contribution is 2.31. The predicted octanol–water partition coefficient (Wildman–Crippen LogP) is 5.96. The number of hydrogen-bond donors (Lipinski definition) is 1. The van der Waals surface area contributed by atoms with Crippen molar-refractivity contribution in [2.24, 2.45) is 5.92 Å². The van der Waals surface area contributed by atoms with Crippen molar-refractivity contribution in [3.63, 3.8) is 0 Å². The molecule has 3 heterocycles. The molecule has 0 aliphatic carbocycles. The topological polar surface area (TPSA) is 76.6 Å². The van der Waals surface area contributed by atoms with E-state index in [1.54, 1.807) is 49.5 Å². The Hall–Kier alpha value is -4.23. The van der Waals surface area contributed by atoms with E-state index in [1.807, 2.05) is 30.5 Å². The number of carbonyl (C=O) groups excluding carboxylic acids is 1. The smallest absolute Gasteiger partial charge is 0.253 e. The van der Waals surface area contributed by atoms with Gasteiger partial charge in [0.2, 0.25) is 5.88 Å². The van der Waals surface area contributed by atoms with E-state index in [0.29, 0.717) is 23.1 Å². The highest BCUT2D eigenvalue weighted by atomic mass is 16.5. The van der Waals surface area contributed by atoms with Crippen LogP contribution >= 0.6 is 0 Å². The van der Waals surface area contributed by atoms with Crippen molar-refractivity contribution in [3.05, 3.63) is 96.3 Å². The molecule has 0 saturated carbocycles. The molecule has 0 radical (unpaired) electrons. The van der Waals surface area contributed by atoms with Gasteiger partial charge >= 0.3 is 0 Å². The highest BCUT2D eigenvalue weighted by molar-refractivity contribution is 5.93. The first-order valence-corrected chi connectivity index (χ1v) is 12.4. The summed E-state index contributed by atoms with van der Waals surface area (Å²) in [5.74, 6) is 2.30. The lowest BCUT2D eigenvalue weighted by atomic mass is 9.99. The van der Waals surface area contributed by atoms with Crippen LogP contribution in [0.5, 0.6) is 11.6 Å². The molecule has 1 N–H and O–H groups in total. The SMILES string of the molecule is CN(C)C(=O)c1ccc(Oc2ncc(Nc3ccc(-c4ccccc4)cn3)cc2CC2CCOC2)cc1. The fourth-order valence-corrected chi connectivity index (χ4v) is 4.31. The van der Waals surface area contributed by atoms with Gasteiger partial charge in [0.15, 0.2) is 0 Å². The lowest BCUT2D eigenvalue weighted by molar-refractivity contribution is 0.0827. The van der Waals surface area contributed by atoms with Crippen molar-refractivity contribution in [2.75, 3.05) is 32.6 Å². The molecule has 1 aliphatic rings. The van der Waals surface area contributed by atoms with Gasteiger partial charge in [0.25, 0.3) is 5.91 Å². The summed E-state index contributed by atoms with van der Waals surface area (Å²) in [7, 11) is 3.47. The monoisotopic (exact) mass is 494 g/mol. The maximum absolute atomic E-state index is 12.2. The molecule has 0 bridgehead atoms. The van der Waals surface area contributed by atoms with E-state index in [9.17, 15) is 4.79 Å². The number of rotatable bonds is 8. The number of anilines is 2. The summed E-state index contributed by atoms with van der Waals surface area (Å²) in [5.41, 5.74) is 4.64. The van der Waals surface area contributed by atoms with Crippen LogP contribution in [0, 0.1) is 5.92 Å². The Morgan fingerprint density at radius 3 is 2.49 bits per heavy atom. The van der Waals surface area contributed by atoms with Crippen LogP contribution in [0.2, 0.25) is 0 Å². The maximum atomic E-state index is 12.2. The number of carbonyl (C=O) groups is 1. The average molecular weight is 495 g/mol. The molecule has 4 aromatic rings. The van der Waals surface area contributed by atoms with Crippen LogP contribution in [0.15, 0.2) is 85.2 Å². The van der Waals surface area contributed by atoms with E-state index in [0.717, 1.165) is 54.3 Å². The predicted molar refractivity (Wildman–Crippen MR) is 144 cm³/mol. The van der Waals surface area contributed by atoms with Crippen molar-refractivity contribution in [1.29, 1.82) is 0 Å². The van der Waals surface area contributed by atoms with Gasteiger partial charge in [-0.25, -0.2) is 9.97 Å². The minimum Gasteiger partial charge on any atom is -0.439 e. The number of pyridine rings is 2. The molecule has 2 aromatic carbocycles. The van der Waals surface area contributed by atoms with E-state index < -0.39 is 0 Å². The Morgan fingerprint density at radius 2 is 1.81 bits per heavy atom. The van der Waals surface area contributed by atoms with Crippen molar-refractivity contribution in [2.45, 2.75) is 12.8 Å². The Bertz CT molecular complexity index is 1330. The molecule has 0 spiro atoms. The molecule has 1 fully saturated rings. The molecule has 1 saturated heterocycles. The van der Waals surface area contributed by atoms with Gasteiger partial charge in [0.1, 0.15) is 11.6 Å². The summed E-state index contributed by atoms with van der Waals surface area (Å²) in [4.78, 5) is 23.0. The second kappa shape index (κ2) is 11.2. The summed E-state index contributed by atoms with van der Waals surface area (Å²) < 4.78 is 11.8. The minimum absolute atomic E-state index is 0.0487. The van der Waals surface area contributed by atoms with Gasteiger partial charge in [0.05, 0.1) is 11.9 Å². The Morgan fingerprint density at radius 1 is 1.00 bits per heavy atom. The van der Waals surface area contributed by atoms with E-state index in [2.05, 4.69) is 39.6 Å². The molecule has 37 heavy (non-hydrogen) atoms. The first kappa shape index (κ1) is 24.5. The average Bonchev–Trinajstić information content (AvgIpc) is 3.44. The largest absolute Gasteiger partial charge is 0.439 e. The molecule has 1 unspecified atom stereocenters. The highest BCUT2D eigenvalue weighted by Gasteiger charge is 2.20. The van der Waals surface area contributed by atoms with Crippen molar-refractivity contribution in [1.82, 2.24) is 14.9 Å². The van der Waals surface area contributed by atoms with Crippen LogP contribution in [-0.4, -0.2) is 48.1 Å². The standard InChI is InChI=1S/C30H30N4O3/c1-34(2)30(35)23-8-11-27(12-9-23)37-29-25(16-21-14-15-36-20-21)17-26(19-32-29)33-28-13-10-24(18-31-28)22-6-4-3-5-7-22/h3-13,17-19,21H,14-16,20H2,1-2H3,(H,31,33). The number of amides is 1. The minimum atomic E-state index is -0.0487. The van der Waals surface area contributed by atoms with Gasteiger partial charge < -0.3 is 19.7 Å². The van der Waals surface area contributed by atoms with Crippen LogP contribution in [0.3, 0.4) is 0 Å². The lowest BCUT2D eigenvalue weighted by Gasteiger charge is -2.15. The zero-order chi connectivity index (χ0) is 25.6. The van der Waals surface area contributed by atoms with Gasteiger partial charge in [-0.05, 0) is 66.8 Å². The molecular weight excluding hydrogens is 464 g/mol. The van der Waals surface area contributed by atoms with Crippen molar-refractivity contribution >= 4 is 17.4 Å². The molecule has 1 atom stereocenters. The maximum Gasteiger partial charge on any atom is 0.253 e. The zero-order valence-corrected chi connectivity index (χ0v) is 21.1. The Kier molecular flexibility index (Phi) is 7.42. The Labute approximate surface area is 217 Å². The van der Waals surface area contributed by atoms with E-state index in [-0.39, 0.29) is 5.91 Å². The van der Waals surface area contributed by atoms with Crippen molar-refractivity contribution < 1.29 is 14.3 Å². The molecule has 1 amide bonds. The van der Waals surface area contributed by atoms with Gasteiger partial charge in [0, 0.05) is 50.2 Å². The first-order valence-electron chi connectivity index (χ1n) is 12.4. The fraction of sp³-hybridized carbons (Fsp3) is 0.233. The summed E-state index contributed by atoms with van der Waals surface area (Å²) in [6.45, 7) is 1.52. The quantitative estimate of drug-likeness (QED) is 0.326. The molecular formula is C30H30N4O3. The third-order valence-corrected chi connectivity index (χ3v) is 6.32. The Balaban J connectivity index is 1.34. The van der Waals surface area contributed by atoms with Crippen LogP contribution in [0.25, 0.3) is 11.1 Å². The van der Waals surface area contributed by atoms with Crippen molar-refractivity contribution in [3.8, 4) is 22.8 Å². The first-order chi connectivity index (χ1) is 18.0. The normalized spacial score (nSPS) is 14.8. The van der Waals surface area contributed by atoms with E-state index >= 15 is 0 Å². The van der Waals surface area contributed by atoms with Crippen LogP contribution < -0.4 is 10.1 Å². The number of benzene rings is 2. The zero-order valence-electron chi connectivity index (χ0n) is 21.1. The number of ether oxygens (including phenoxy) is 2. The van der Waals surface area contributed by atoms with Gasteiger partial charge in [-0.3, -0.25) is 4.79 Å². The number of aromatic nitrogens is 2. The number of nitrogens with one attached hydrogen (secondary N) is 1. The summed E-state index contributed by atoms with van der Waals surface area (Å²) in [6.07, 6.45) is 5.43. The molecule has 188 valence electrons. The molecule has 7 nitrogen and oxygen atoms in total. The van der Waals surface area contributed by atoms with Gasteiger partial charge in [-0.1, -0.05) is 30.3 Å². The fourth-order valence-electron chi connectivity index (χ4n) is 4.31. The summed E-state index contributed by atoms with van der Waals surface area (Å²) in [6, 6.07) is 23.4. The van der Waals surface area contributed by atoms with Crippen LogP contribution in [0.1, 0.15) is 22.3 Å². The third kappa shape index (κ3) is 6.13. The van der Waals surface area contributed by atoms with E-state index in [4.69, 9.17) is 9.47 Å². The number of nitrogens with zero attached hydrogens (tertiary/aromatic N) is 3. The second-order valence-electron chi connectivity index (χ2n) is 9.37. The summed E-state index contributed by atoms with van der Waals surface area (Å²) >= 11 is 0. The molecule has 7 heteroatoms. The lowest BCUT2D eigenvalue weighted by Crippen LogP contribution is -2.21. The second-order valence-corrected chi connectivity index (χ2v) is 9.37. The molecule has 5 rings (SSSR count). The van der Waals surface area contributed by atoms with Gasteiger partial charge in [-0.15, -0.1) is 0 Å². The number of hydrogen-bond acceptors (Lipinski definition) is 6. The van der Waals surface area contributed by atoms with Gasteiger partial charge in [-0.2, -0.15) is 0 Å². The summed E-state index contributed by atoms with van der Waals surface area (Å²) in [5, 5.41) is 3.37. The molecule has 1 aliphatic heterocycles. The third-order valence-electron chi connectivity index (χ3n) is 6.32. The van der Waals surface area contributed by atoms with E-state index in [1.165, 1.54) is 0 Å². The van der Waals surface area contributed by atoms with Crippen LogP contribution in [0.4, 0.5) is 11.5 Å². The molecule has 2 aromatic heterocycles.